The Morgan fingerprint density at radius 1 is 1.17 bits per heavy atom. The fraction of sp³-hybridized carbons (Fsp3) is 0.176. The molecule has 1 heterocycles. The number of halogens is 1. The van der Waals surface area contributed by atoms with Gasteiger partial charge in [-0.15, -0.1) is 10.2 Å². The van der Waals surface area contributed by atoms with Crippen molar-refractivity contribution in [3.63, 3.8) is 0 Å². The Morgan fingerprint density at radius 3 is 2.58 bits per heavy atom. The molecule has 7 heteroatoms. The van der Waals surface area contributed by atoms with Gasteiger partial charge in [0.1, 0.15) is 0 Å². The third kappa shape index (κ3) is 3.35. The zero-order chi connectivity index (χ0) is 17.1. The van der Waals surface area contributed by atoms with Gasteiger partial charge in [-0.3, -0.25) is 0 Å². The highest BCUT2D eigenvalue weighted by Gasteiger charge is 2.12. The maximum atomic E-state index is 13.7. The second-order valence-electron chi connectivity index (χ2n) is 5.30. The van der Waals surface area contributed by atoms with Crippen molar-refractivity contribution in [2.45, 2.75) is 17.8 Å². The van der Waals surface area contributed by atoms with Crippen molar-refractivity contribution < 1.29 is 9.13 Å². The van der Waals surface area contributed by atoms with Gasteiger partial charge in [0.2, 0.25) is 5.16 Å². The van der Waals surface area contributed by atoms with Crippen LogP contribution in [0.3, 0.4) is 0 Å². The number of methoxy groups -OCH3 is 1. The lowest BCUT2D eigenvalue weighted by atomic mass is 10.1. The van der Waals surface area contributed by atoms with Crippen LogP contribution in [-0.2, 0) is 5.75 Å². The van der Waals surface area contributed by atoms with Crippen LogP contribution in [0.5, 0.6) is 5.75 Å². The molecule has 2 N–H and O–H groups in total. The number of rotatable bonds is 5. The minimum atomic E-state index is -0.384. The molecule has 0 radical (unpaired) electrons. The predicted molar refractivity (Wildman–Crippen MR) is 92.9 cm³/mol. The van der Waals surface area contributed by atoms with Gasteiger partial charge < -0.3 is 10.6 Å². The second kappa shape index (κ2) is 6.92. The first kappa shape index (κ1) is 16.3. The Hall–Kier alpha value is -2.54. The molecule has 124 valence electrons. The van der Waals surface area contributed by atoms with Crippen LogP contribution < -0.4 is 10.6 Å². The molecule has 0 saturated heterocycles. The smallest absolute Gasteiger partial charge is 0.210 e. The molecule has 0 aliphatic rings. The minimum absolute atomic E-state index is 0.229. The second-order valence-corrected chi connectivity index (χ2v) is 6.24. The maximum absolute atomic E-state index is 13.7. The molecule has 24 heavy (non-hydrogen) atoms. The summed E-state index contributed by atoms with van der Waals surface area (Å²) in [5.74, 6) is 7.06. The highest BCUT2D eigenvalue weighted by atomic mass is 32.2. The lowest BCUT2D eigenvalue weighted by Crippen LogP contribution is -2.11. The summed E-state index contributed by atoms with van der Waals surface area (Å²) in [5, 5.41) is 8.84. The Kier molecular flexibility index (Phi) is 4.71. The summed E-state index contributed by atoms with van der Waals surface area (Å²) in [5.41, 5.74) is 2.88. The molecule has 0 atom stereocenters. The number of thioether (sulfide) groups is 1. The van der Waals surface area contributed by atoms with Crippen LogP contribution >= 0.6 is 11.8 Å². The van der Waals surface area contributed by atoms with Gasteiger partial charge in [-0.05, 0) is 24.6 Å². The molecule has 1 aromatic heterocycles. The molecule has 3 aromatic rings. The highest BCUT2D eigenvalue weighted by Crippen LogP contribution is 2.26. The third-order valence-corrected chi connectivity index (χ3v) is 4.57. The van der Waals surface area contributed by atoms with Crippen LogP contribution in [0, 0.1) is 12.7 Å². The zero-order valence-corrected chi connectivity index (χ0v) is 14.2. The fourth-order valence-corrected chi connectivity index (χ4v) is 3.02. The molecule has 3 rings (SSSR count). The van der Waals surface area contributed by atoms with E-state index in [1.54, 1.807) is 6.07 Å². The average molecular weight is 344 g/mol. The zero-order valence-electron chi connectivity index (χ0n) is 13.4. The Bertz CT molecular complexity index is 848. The van der Waals surface area contributed by atoms with E-state index in [1.165, 1.54) is 29.6 Å². The first-order valence-electron chi connectivity index (χ1n) is 7.31. The summed E-state index contributed by atoms with van der Waals surface area (Å²) in [6.45, 7) is 2.02. The number of aryl methyl sites for hydroxylation is 1. The number of nitrogens with two attached hydrogens (primary N) is 1. The first-order valence-corrected chi connectivity index (χ1v) is 8.30. The number of nitrogen functional groups attached to an aromatic ring is 1. The van der Waals surface area contributed by atoms with E-state index in [-0.39, 0.29) is 11.6 Å². The molecule has 0 fully saturated rings. The van der Waals surface area contributed by atoms with E-state index in [1.807, 2.05) is 37.3 Å². The average Bonchev–Trinajstić information content (AvgIpc) is 2.95. The number of aromatic nitrogens is 3. The molecular formula is C17H17FN4OS. The predicted octanol–water partition coefficient (Wildman–Crippen LogP) is 3.41. The van der Waals surface area contributed by atoms with Gasteiger partial charge in [-0.2, -0.15) is 0 Å². The Morgan fingerprint density at radius 2 is 1.92 bits per heavy atom. The molecule has 0 spiro atoms. The Labute approximate surface area is 143 Å². The van der Waals surface area contributed by atoms with Crippen molar-refractivity contribution in [2.75, 3.05) is 13.0 Å². The normalized spacial score (nSPS) is 10.8. The molecule has 5 nitrogen and oxygen atoms in total. The van der Waals surface area contributed by atoms with Crippen molar-refractivity contribution in [3.05, 3.63) is 59.4 Å². The van der Waals surface area contributed by atoms with Crippen LogP contribution in [0.25, 0.3) is 11.4 Å². The monoisotopic (exact) mass is 344 g/mol. The van der Waals surface area contributed by atoms with Gasteiger partial charge in [-0.1, -0.05) is 47.7 Å². The maximum Gasteiger partial charge on any atom is 0.210 e. The van der Waals surface area contributed by atoms with Crippen LogP contribution in [0.1, 0.15) is 11.1 Å². The van der Waals surface area contributed by atoms with Crippen molar-refractivity contribution in [1.29, 1.82) is 0 Å². The molecule has 0 unspecified atom stereocenters. The summed E-state index contributed by atoms with van der Waals surface area (Å²) in [6.07, 6.45) is 0. The summed E-state index contributed by atoms with van der Waals surface area (Å²) in [4.78, 5) is 0. The molecule has 0 bridgehead atoms. The van der Waals surface area contributed by atoms with Crippen molar-refractivity contribution in [2.24, 2.45) is 0 Å². The van der Waals surface area contributed by atoms with E-state index < -0.39 is 0 Å². The largest absolute Gasteiger partial charge is 0.494 e. The van der Waals surface area contributed by atoms with E-state index in [4.69, 9.17) is 10.6 Å². The summed E-state index contributed by atoms with van der Waals surface area (Å²) in [7, 11) is 1.44. The van der Waals surface area contributed by atoms with Gasteiger partial charge in [0.15, 0.2) is 17.4 Å². The number of hydrogen-bond donors (Lipinski definition) is 1. The van der Waals surface area contributed by atoms with Crippen molar-refractivity contribution in [3.8, 4) is 17.1 Å². The standard InChI is InChI=1S/C17H17FN4OS/c1-11-3-6-13(7-4-11)16-20-21-17(22(16)19)24-10-12-5-8-15(23-2)14(18)9-12/h3-9H,10,19H2,1-2H3. The van der Waals surface area contributed by atoms with Crippen LogP contribution in [-0.4, -0.2) is 22.0 Å². The van der Waals surface area contributed by atoms with Crippen LogP contribution in [0.15, 0.2) is 47.6 Å². The van der Waals surface area contributed by atoms with E-state index in [0.717, 1.165) is 16.7 Å². The SMILES string of the molecule is COc1ccc(CSc2nnc(-c3ccc(C)cc3)n2N)cc1F. The third-order valence-electron chi connectivity index (χ3n) is 3.56. The lowest BCUT2D eigenvalue weighted by molar-refractivity contribution is 0.386. The number of nitrogens with zero attached hydrogens (tertiary/aromatic N) is 3. The van der Waals surface area contributed by atoms with E-state index in [2.05, 4.69) is 10.2 Å². The highest BCUT2D eigenvalue weighted by molar-refractivity contribution is 7.98. The quantitative estimate of drug-likeness (QED) is 0.567. The summed E-state index contributed by atoms with van der Waals surface area (Å²) < 4.78 is 20.1. The van der Waals surface area contributed by atoms with Crippen molar-refractivity contribution >= 4 is 11.8 Å². The van der Waals surface area contributed by atoms with Gasteiger partial charge in [-0.25, -0.2) is 9.07 Å². The number of benzene rings is 2. The van der Waals surface area contributed by atoms with Gasteiger partial charge in [0.25, 0.3) is 0 Å². The van der Waals surface area contributed by atoms with Crippen molar-refractivity contribution in [1.82, 2.24) is 14.9 Å². The molecule has 0 aliphatic heterocycles. The Balaban J connectivity index is 1.75. The first-order chi connectivity index (χ1) is 11.6. The fourth-order valence-electron chi connectivity index (χ4n) is 2.22. The molecular weight excluding hydrogens is 327 g/mol. The molecule has 0 amide bonds. The van der Waals surface area contributed by atoms with Crippen LogP contribution in [0.2, 0.25) is 0 Å². The van der Waals surface area contributed by atoms with Gasteiger partial charge in [0.05, 0.1) is 7.11 Å². The van der Waals surface area contributed by atoms with Gasteiger partial charge in [0, 0.05) is 11.3 Å². The molecule has 2 aromatic carbocycles. The van der Waals surface area contributed by atoms with E-state index in [9.17, 15) is 4.39 Å². The van der Waals surface area contributed by atoms with E-state index in [0.29, 0.717) is 16.7 Å². The molecule has 0 saturated carbocycles. The lowest BCUT2D eigenvalue weighted by Gasteiger charge is -2.06. The summed E-state index contributed by atoms with van der Waals surface area (Å²) >= 11 is 1.40. The van der Waals surface area contributed by atoms with Crippen LogP contribution in [0.4, 0.5) is 4.39 Å². The summed E-state index contributed by atoms with van der Waals surface area (Å²) in [6, 6.07) is 12.8. The molecule has 0 aliphatic carbocycles. The minimum Gasteiger partial charge on any atom is -0.494 e. The van der Waals surface area contributed by atoms with E-state index >= 15 is 0 Å². The number of hydrogen-bond acceptors (Lipinski definition) is 5. The van der Waals surface area contributed by atoms with Gasteiger partial charge >= 0.3 is 0 Å². The topological polar surface area (TPSA) is 66.0 Å². The number of ether oxygens (including phenoxy) is 1.